The summed E-state index contributed by atoms with van der Waals surface area (Å²) in [5.41, 5.74) is 6.47. The summed E-state index contributed by atoms with van der Waals surface area (Å²) < 4.78 is 11.4. The molecule has 0 fully saturated rings. The van der Waals surface area contributed by atoms with Crippen molar-refractivity contribution in [3.63, 3.8) is 0 Å². The van der Waals surface area contributed by atoms with E-state index in [1.165, 1.54) is 11.8 Å². The molecule has 0 saturated carbocycles. The van der Waals surface area contributed by atoms with Crippen molar-refractivity contribution in [2.75, 3.05) is 24.7 Å². The molecule has 0 aliphatic carbocycles. The van der Waals surface area contributed by atoms with Crippen LogP contribution in [0.25, 0.3) is 0 Å². The standard InChI is InChI=1S/C17H23N5O3S/c1-10(2)15(19-14(23)9-26-17-20-16(18)21-22-17)11-4-5-12-13(8-11)25-7-3-6-24-12/h4-5,8,10,15H,3,6-7,9H2,1-2H3,(H,19,23)(H3,18,20,21,22)/t15-/m0/s1. The first-order valence-corrected chi connectivity index (χ1v) is 9.51. The number of nitrogens with two attached hydrogens (primary N) is 1. The van der Waals surface area contributed by atoms with Crippen molar-refractivity contribution in [3.8, 4) is 11.5 Å². The van der Waals surface area contributed by atoms with E-state index in [1.807, 2.05) is 18.2 Å². The van der Waals surface area contributed by atoms with Gasteiger partial charge < -0.3 is 20.5 Å². The van der Waals surface area contributed by atoms with Crippen molar-refractivity contribution in [2.45, 2.75) is 31.5 Å². The fourth-order valence-electron chi connectivity index (χ4n) is 2.68. The van der Waals surface area contributed by atoms with Crippen LogP contribution in [-0.2, 0) is 4.79 Å². The highest BCUT2D eigenvalue weighted by molar-refractivity contribution is 7.99. The third-order valence-corrected chi connectivity index (χ3v) is 4.78. The Morgan fingerprint density at radius 2 is 2.12 bits per heavy atom. The van der Waals surface area contributed by atoms with Crippen molar-refractivity contribution < 1.29 is 14.3 Å². The molecule has 8 nitrogen and oxygen atoms in total. The number of hydrogen-bond acceptors (Lipinski definition) is 7. The van der Waals surface area contributed by atoms with Crippen molar-refractivity contribution in [1.82, 2.24) is 20.5 Å². The Balaban J connectivity index is 1.66. The van der Waals surface area contributed by atoms with Gasteiger partial charge in [-0.2, -0.15) is 4.98 Å². The Hall–Kier alpha value is -2.42. The van der Waals surface area contributed by atoms with Crippen LogP contribution in [-0.4, -0.2) is 40.1 Å². The SMILES string of the molecule is CC(C)[C@H](NC(=O)CSc1n[nH]c(N)n1)c1ccc2c(c1)OCCCO2. The molecule has 3 rings (SSSR count). The average molecular weight is 377 g/mol. The lowest BCUT2D eigenvalue weighted by Crippen LogP contribution is -2.33. The Bertz CT molecular complexity index is 765. The maximum atomic E-state index is 12.4. The van der Waals surface area contributed by atoms with E-state index in [1.54, 1.807) is 0 Å². The Morgan fingerprint density at radius 1 is 1.35 bits per heavy atom. The molecule has 1 atom stereocenters. The van der Waals surface area contributed by atoms with Gasteiger partial charge in [-0.3, -0.25) is 4.79 Å². The van der Waals surface area contributed by atoms with Gasteiger partial charge in [0.2, 0.25) is 17.0 Å². The lowest BCUT2D eigenvalue weighted by molar-refractivity contribution is -0.119. The van der Waals surface area contributed by atoms with Gasteiger partial charge in [-0.25, -0.2) is 5.10 Å². The third-order valence-electron chi connectivity index (χ3n) is 3.93. The number of ether oxygens (including phenoxy) is 2. The second kappa shape index (κ2) is 8.31. The first kappa shape index (κ1) is 18.4. The van der Waals surface area contributed by atoms with Crippen molar-refractivity contribution >= 4 is 23.6 Å². The molecule has 1 aromatic heterocycles. The number of amides is 1. The quantitative estimate of drug-likeness (QED) is 0.661. The number of carbonyl (C=O) groups is 1. The van der Waals surface area contributed by atoms with Crippen LogP contribution in [0.15, 0.2) is 23.4 Å². The van der Waals surface area contributed by atoms with Crippen molar-refractivity contribution in [3.05, 3.63) is 23.8 Å². The van der Waals surface area contributed by atoms with Crippen LogP contribution in [0.4, 0.5) is 5.95 Å². The number of fused-ring (bicyclic) bond motifs is 1. The molecule has 4 N–H and O–H groups in total. The van der Waals surface area contributed by atoms with Crippen LogP contribution in [0.5, 0.6) is 11.5 Å². The molecule has 26 heavy (non-hydrogen) atoms. The number of anilines is 1. The topological polar surface area (TPSA) is 115 Å². The predicted molar refractivity (Wildman–Crippen MR) is 99.3 cm³/mol. The maximum absolute atomic E-state index is 12.4. The fraction of sp³-hybridized carbons (Fsp3) is 0.471. The second-order valence-corrected chi connectivity index (χ2v) is 7.28. The number of nitrogen functional groups attached to an aromatic ring is 1. The molecule has 1 aliphatic heterocycles. The van der Waals surface area contributed by atoms with Crippen LogP contribution in [0.2, 0.25) is 0 Å². The molecular formula is C17H23N5O3S. The first-order chi connectivity index (χ1) is 12.5. The summed E-state index contributed by atoms with van der Waals surface area (Å²) in [5, 5.41) is 9.99. The number of benzene rings is 1. The van der Waals surface area contributed by atoms with Crippen molar-refractivity contribution in [2.24, 2.45) is 5.92 Å². The van der Waals surface area contributed by atoms with E-state index in [4.69, 9.17) is 15.2 Å². The summed E-state index contributed by atoms with van der Waals surface area (Å²) in [6.07, 6.45) is 0.858. The highest BCUT2D eigenvalue weighted by Gasteiger charge is 2.21. The molecule has 1 aromatic carbocycles. The summed E-state index contributed by atoms with van der Waals surface area (Å²) in [6.45, 7) is 5.42. The normalized spacial score (nSPS) is 14.7. The zero-order chi connectivity index (χ0) is 18.5. The van der Waals surface area contributed by atoms with E-state index >= 15 is 0 Å². The van der Waals surface area contributed by atoms with Crippen LogP contribution in [0.3, 0.4) is 0 Å². The van der Waals surface area contributed by atoms with Gasteiger partial charge in [0.15, 0.2) is 11.5 Å². The van der Waals surface area contributed by atoms with E-state index in [0.29, 0.717) is 18.4 Å². The average Bonchev–Trinajstić information content (AvgIpc) is 2.89. The van der Waals surface area contributed by atoms with Crippen molar-refractivity contribution in [1.29, 1.82) is 0 Å². The van der Waals surface area contributed by atoms with Crippen LogP contribution in [0.1, 0.15) is 31.9 Å². The number of hydrogen-bond donors (Lipinski definition) is 3. The number of aromatic nitrogens is 3. The highest BCUT2D eigenvalue weighted by Crippen LogP contribution is 2.34. The Labute approximate surface area is 156 Å². The van der Waals surface area contributed by atoms with Gasteiger partial charge in [0.05, 0.1) is 25.0 Å². The molecule has 9 heteroatoms. The number of aromatic amines is 1. The fourth-order valence-corrected chi connectivity index (χ4v) is 3.29. The van der Waals surface area contributed by atoms with E-state index in [0.717, 1.165) is 23.5 Å². The monoisotopic (exact) mass is 377 g/mol. The minimum Gasteiger partial charge on any atom is -0.490 e. The van der Waals surface area contributed by atoms with Crippen LogP contribution < -0.4 is 20.5 Å². The maximum Gasteiger partial charge on any atom is 0.230 e. The Morgan fingerprint density at radius 3 is 2.81 bits per heavy atom. The third kappa shape index (κ3) is 4.60. The number of nitrogens with zero attached hydrogens (tertiary/aromatic N) is 2. The molecule has 2 heterocycles. The molecule has 0 radical (unpaired) electrons. The molecule has 140 valence electrons. The van der Waals surface area contributed by atoms with Gasteiger partial charge >= 0.3 is 0 Å². The smallest absolute Gasteiger partial charge is 0.230 e. The number of nitrogens with one attached hydrogen (secondary N) is 2. The molecule has 2 aromatic rings. The molecule has 0 unspecified atom stereocenters. The molecule has 0 spiro atoms. The number of thioether (sulfide) groups is 1. The predicted octanol–water partition coefficient (Wildman–Crippen LogP) is 2.15. The lowest BCUT2D eigenvalue weighted by atomic mass is 9.95. The number of rotatable bonds is 6. The second-order valence-electron chi connectivity index (χ2n) is 6.34. The zero-order valence-corrected chi connectivity index (χ0v) is 15.6. The van der Waals surface area contributed by atoms with Gasteiger partial charge in [-0.15, -0.1) is 5.10 Å². The largest absolute Gasteiger partial charge is 0.490 e. The number of carbonyl (C=O) groups excluding carboxylic acids is 1. The summed E-state index contributed by atoms with van der Waals surface area (Å²) in [7, 11) is 0. The molecule has 1 amide bonds. The summed E-state index contributed by atoms with van der Waals surface area (Å²) in [6, 6.07) is 5.70. The molecule has 0 bridgehead atoms. The van der Waals surface area contributed by atoms with E-state index in [2.05, 4.69) is 34.3 Å². The summed E-state index contributed by atoms with van der Waals surface area (Å²) in [5.74, 6) is 2.05. The van der Waals surface area contributed by atoms with Gasteiger partial charge in [0.1, 0.15) is 0 Å². The minimum absolute atomic E-state index is 0.0933. The Kier molecular flexibility index (Phi) is 5.87. The highest BCUT2D eigenvalue weighted by atomic mass is 32.2. The lowest BCUT2D eigenvalue weighted by Gasteiger charge is -2.23. The van der Waals surface area contributed by atoms with Gasteiger partial charge in [0, 0.05) is 6.42 Å². The molecular weight excluding hydrogens is 354 g/mol. The minimum atomic E-state index is -0.127. The number of H-pyrrole nitrogens is 1. The van der Waals surface area contributed by atoms with E-state index in [-0.39, 0.29) is 29.6 Å². The van der Waals surface area contributed by atoms with E-state index < -0.39 is 0 Å². The molecule has 0 saturated heterocycles. The van der Waals surface area contributed by atoms with Crippen LogP contribution >= 0.6 is 11.8 Å². The van der Waals surface area contributed by atoms with Gasteiger partial charge in [-0.05, 0) is 23.6 Å². The van der Waals surface area contributed by atoms with E-state index in [9.17, 15) is 4.79 Å². The molecule has 1 aliphatic rings. The summed E-state index contributed by atoms with van der Waals surface area (Å²) in [4.78, 5) is 16.3. The first-order valence-electron chi connectivity index (χ1n) is 8.52. The van der Waals surface area contributed by atoms with Crippen LogP contribution in [0, 0.1) is 5.92 Å². The summed E-state index contributed by atoms with van der Waals surface area (Å²) >= 11 is 1.23. The van der Waals surface area contributed by atoms with Gasteiger partial charge in [0.25, 0.3) is 0 Å². The zero-order valence-electron chi connectivity index (χ0n) is 14.8. The van der Waals surface area contributed by atoms with Gasteiger partial charge in [-0.1, -0.05) is 31.7 Å².